The van der Waals surface area contributed by atoms with Crippen LogP contribution in [0.4, 0.5) is 0 Å². The highest BCUT2D eigenvalue weighted by atomic mass is 32.1. The van der Waals surface area contributed by atoms with E-state index in [0.717, 1.165) is 20.8 Å². The van der Waals surface area contributed by atoms with E-state index in [0.29, 0.717) is 0 Å². The lowest BCUT2D eigenvalue weighted by Crippen LogP contribution is -2.42. The van der Waals surface area contributed by atoms with Crippen molar-refractivity contribution in [2.45, 2.75) is 18.9 Å². The fraction of sp³-hybridized carbons (Fsp3) is 0.176. The molecule has 3 nitrogen and oxygen atoms in total. The molecule has 1 unspecified atom stereocenters. The summed E-state index contributed by atoms with van der Waals surface area (Å²) in [6.07, 6.45) is 0.265. The van der Waals surface area contributed by atoms with Crippen molar-refractivity contribution in [2.75, 3.05) is 0 Å². The van der Waals surface area contributed by atoms with E-state index in [-0.39, 0.29) is 12.2 Å². The van der Waals surface area contributed by atoms with Gasteiger partial charge in [0.25, 0.3) is 0 Å². The molecule has 0 spiro atoms. The average Bonchev–Trinajstić information content (AvgIpc) is 2.90. The Morgan fingerprint density at radius 3 is 2.52 bits per heavy atom. The highest BCUT2D eigenvalue weighted by Crippen LogP contribution is 2.25. The third-order valence-corrected chi connectivity index (χ3v) is 4.64. The molecule has 0 aliphatic carbocycles. The Morgan fingerprint density at radius 2 is 1.81 bits per heavy atom. The minimum atomic E-state index is -0.987. The number of aromatic nitrogens is 1. The Labute approximate surface area is 127 Å². The number of hydrogen-bond donors (Lipinski definition) is 1. The molecule has 1 atom stereocenters. The van der Waals surface area contributed by atoms with Gasteiger partial charge in [0.15, 0.2) is 5.78 Å². The summed E-state index contributed by atoms with van der Waals surface area (Å²) in [6, 6.07) is 17.4. The Morgan fingerprint density at radius 1 is 1.14 bits per heavy atom. The Hall–Kier alpha value is -2.04. The van der Waals surface area contributed by atoms with Crippen LogP contribution >= 0.6 is 11.3 Å². The molecule has 0 bridgehead atoms. The van der Waals surface area contributed by atoms with Crippen molar-refractivity contribution >= 4 is 27.3 Å². The molecule has 0 saturated heterocycles. The normalized spacial score (nSPS) is 14.0. The van der Waals surface area contributed by atoms with Crippen molar-refractivity contribution in [3.63, 3.8) is 0 Å². The molecule has 0 aliphatic heterocycles. The highest BCUT2D eigenvalue weighted by molar-refractivity contribution is 7.18. The van der Waals surface area contributed by atoms with Gasteiger partial charge in [-0.1, -0.05) is 42.5 Å². The second-order valence-electron chi connectivity index (χ2n) is 5.24. The lowest BCUT2D eigenvalue weighted by Gasteiger charge is -2.23. The summed E-state index contributed by atoms with van der Waals surface area (Å²) in [5, 5.41) is 0.814. The van der Waals surface area contributed by atoms with Gasteiger partial charge in [-0.3, -0.25) is 4.79 Å². The molecule has 0 fully saturated rings. The molecule has 1 heterocycles. The minimum absolute atomic E-state index is 0.0206. The fourth-order valence-electron chi connectivity index (χ4n) is 2.26. The Bertz CT molecular complexity index is 745. The number of rotatable bonds is 4. The maximum atomic E-state index is 12.6. The summed E-state index contributed by atoms with van der Waals surface area (Å²) in [4.78, 5) is 17.1. The molecule has 106 valence electrons. The number of para-hydroxylation sites is 1. The van der Waals surface area contributed by atoms with E-state index in [1.807, 2.05) is 54.6 Å². The summed E-state index contributed by atoms with van der Waals surface area (Å²) < 4.78 is 1.10. The van der Waals surface area contributed by atoms with Gasteiger partial charge in [-0.2, -0.15) is 0 Å². The van der Waals surface area contributed by atoms with Crippen LogP contribution in [0.2, 0.25) is 0 Å². The topological polar surface area (TPSA) is 56.0 Å². The molecule has 21 heavy (non-hydrogen) atoms. The number of ketones is 1. The molecule has 4 heteroatoms. The first-order valence-electron chi connectivity index (χ1n) is 6.79. The van der Waals surface area contributed by atoms with Crippen LogP contribution in [-0.2, 0) is 16.8 Å². The molecule has 0 aliphatic rings. The number of Topliss-reactive ketones (excluding diaryl/α,β-unsaturated/α-hetero) is 1. The molecule has 3 rings (SSSR count). The van der Waals surface area contributed by atoms with E-state index in [9.17, 15) is 4.79 Å². The van der Waals surface area contributed by atoms with Crippen LogP contribution in [0.3, 0.4) is 0 Å². The monoisotopic (exact) mass is 296 g/mol. The zero-order valence-electron chi connectivity index (χ0n) is 11.7. The second kappa shape index (κ2) is 5.39. The molecule has 2 aromatic carbocycles. The maximum Gasteiger partial charge on any atom is 0.163 e. The third-order valence-electron chi connectivity index (χ3n) is 3.60. The first-order valence-corrected chi connectivity index (χ1v) is 7.61. The fourth-order valence-corrected chi connectivity index (χ4v) is 3.23. The molecular weight excluding hydrogens is 280 g/mol. The number of carbonyl (C=O) groups is 1. The molecule has 0 saturated carbocycles. The van der Waals surface area contributed by atoms with E-state index in [4.69, 9.17) is 5.73 Å². The summed E-state index contributed by atoms with van der Waals surface area (Å²) in [7, 11) is 0. The average molecular weight is 296 g/mol. The van der Waals surface area contributed by atoms with E-state index >= 15 is 0 Å². The van der Waals surface area contributed by atoms with Crippen molar-refractivity contribution in [1.29, 1.82) is 0 Å². The molecule has 3 aromatic rings. The Kier molecular flexibility index (Phi) is 3.57. The number of fused-ring (bicyclic) bond motifs is 1. The van der Waals surface area contributed by atoms with Gasteiger partial charge in [0, 0.05) is 0 Å². The van der Waals surface area contributed by atoms with Gasteiger partial charge in [-0.15, -0.1) is 11.3 Å². The summed E-state index contributed by atoms with van der Waals surface area (Å²) in [5.41, 5.74) is 7.03. The van der Waals surface area contributed by atoms with Crippen molar-refractivity contribution < 1.29 is 4.79 Å². The van der Waals surface area contributed by atoms with Gasteiger partial charge >= 0.3 is 0 Å². The zero-order chi connectivity index (χ0) is 14.9. The summed E-state index contributed by atoms with van der Waals surface area (Å²) >= 11 is 1.55. The smallest absolute Gasteiger partial charge is 0.163 e. The molecule has 1 aromatic heterocycles. The zero-order valence-corrected chi connectivity index (χ0v) is 12.6. The van der Waals surface area contributed by atoms with Crippen molar-refractivity contribution in [2.24, 2.45) is 5.73 Å². The van der Waals surface area contributed by atoms with Crippen LogP contribution in [0.5, 0.6) is 0 Å². The number of hydrogen-bond acceptors (Lipinski definition) is 4. The number of nitrogens with zero attached hydrogens (tertiary/aromatic N) is 1. The first-order chi connectivity index (χ1) is 10.1. The number of carbonyl (C=O) groups excluding carboxylic acids is 1. The number of benzene rings is 2. The molecular formula is C17H16N2OS. The summed E-state index contributed by atoms with van der Waals surface area (Å²) in [6.45, 7) is 1.76. The third kappa shape index (κ3) is 2.73. The summed E-state index contributed by atoms with van der Waals surface area (Å²) in [5.74, 6) is -0.0206. The van der Waals surface area contributed by atoms with Crippen molar-refractivity contribution in [3.05, 3.63) is 65.2 Å². The lowest BCUT2D eigenvalue weighted by atomic mass is 9.87. The van der Waals surface area contributed by atoms with E-state index in [1.165, 1.54) is 0 Å². The van der Waals surface area contributed by atoms with Crippen LogP contribution in [0, 0.1) is 0 Å². The minimum Gasteiger partial charge on any atom is -0.315 e. The SMILES string of the molecule is CC(N)(C(=O)Cc1nc2ccccc2s1)c1ccccc1. The largest absolute Gasteiger partial charge is 0.315 e. The van der Waals surface area contributed by atoms with Gasteiger partial charge in [0.05, 0.1) is 22.2 Å². The van der Waals surface area contributed by atoms with E-state index in [1.54, 1.807) is 18.3 Å². The van der Waals surface area contributed by atoms with Crippen molar-refractivity contribution in [1.82, 2.24) is 4.98 Å². The van der Waals surface area contributed by atoms with Gasteiger partial charge in [0.1, 0.15) is 5.01 Å². The van der Waals surface area contributed by atoms with Crippen molar-refractivity contribution in [3.8, 4) is 0 Å². The van der Waals surface area contributed by atoms with E-state index < -0.39 is 5.54 Å². The van der Waals surface area contributed by atoms with Gasteiger partial charge in [-0.05, 0) is 24.6 Å². The van der Waals surface area contributed by atoms with Crippen LogP contribution in [0.1, 0.15) is 17.5 Å². The second-order valence-corrected chi connectivity index (χ2v) is 6.36. The van der Waals surface area contributed by atoms with Crippen LogP contribution in [0.15, 0.2) is 54.6 Å². The van der Waals surface area contributed by atoms with E-state index in [2.05, 4.69) is 4.98 Å². The van der Waals surface area contributed by atoms with Gasteiger partial charge in [0.2, 0.25) is 0 Å². The molecule has 0 amide bonds. The number of nitrogens with two attached hydrogens (primary N) is 1. The van der Waals surface area contributed by atoms with Crippen LogP contribution in [-0.4, -0.2) is 10.8 Å². The predicted octanol–water partition coefficient (Wildman–Crippen LogP) is 3.28. The first kappa shape index (κ1) is 13.9. The number of thiazole rings is 1. The lowest BCUT2D eigenvalue weighted by molar-refractivity contribution is -0.123. The molecule has 2 N–H and O–H groups in total. The molecule has 0 radical (unpaired) electrons. The standard InChI is InChI=1S/C17H16N2OS/c1-17(18,12-7-3-2-4-8-12)15(20)11-16-19-13-9-5-6-10-14(13)21-16/h2-10H,11,18H2,1H3. The predicted molar refractivity (Wildman–Crippen MR) is 86.3 cm³/mol. The maximum absolute atomic E-state index is 12.6. The van der Waals surface area contributed by atoms with Gasteiger partial charge in [-0.25, -0.2) is 4.98 Å². The van der Waals surface area contributed by atoms with Crippen LogP contribution < -0.4 is 5.73 Å². The Balaban J connectivity index is 1.85. The highest BCUT2D eigenvalue weighted by Gasteiger charge is 2.30. The van der Waals surface area contributed by atoms with Crippen LogP contribution in [0.25, 0.3) is 10.2 Å². The van der Waals surface area contributed by atoms with Gasteiger partial charge < -0.3 is 5.73 Å². The quantitative estimate of drug-likeness (QED) is 0.804.